The minimum Gasteiger partial charge on any atom is -0.494 e. The van der Waals surface area contributed by atoms with E-state index in [1.165, 1.54) is 0 Å². The van der Waals surface area contributed by atoms with Crippen molar-refractivity contribution < 1.29 is 9.90 Å². The summed E-state index contributed by atoms with van der Waals surface area (Å²) in [4.78, 5) is 25.2. The van der Waals surface area contributed by atoms with Gasteiger partial charge >= 0.3 is 0 Å². The zero-order valence-electron chi connectivity index (χ0n) is 5.25. The Hall–Kier alpha value is -1.43. The number of aromatic hydroxyl groups is 1. The molecule has 1 aromatic rings. The van der Waals surface area contributed by atoms with E-state index in [4.69, 9.17) is 5.11 Å². The van der Waals surface area contributed by atoms with Crippen molar-refractivity contribution in [2.24, 2.45) is 0 Å². The molecule has 0 aliphatic carbocycles. The first-order valence-electron chi connectivity index (χ1n) is 2.66. The second-order valence-corrected chi connectivity index (χ2v) is 2.20. The van der Waals surface area contributed by atoms with E-state index in [0.29, 0.717) is 0 Å². The first-order chi connectivity index (χ1) is 5.15. The van der Waals surface area contributed by atoms with Crippen LogP contribution in [0.1, 0.15) is 10.4 Å². The summed E-state index contributed by atoms with van der Waals surface area (Å²) in [5.41, 5.74) is -1.04. The van der Waals surface area contributed by atoms with E-state index in [1.807, 2.05) is 0 Å². The molecule has 0 unspecified atom stereocenters. The van der Waals surface area contributed by atoms with Gasteiger partial charge in [0.2, 0.25) is 5.88 Å². The van der Waals surface area contributed by atoms with Gasteiger partial charge in [0.25, 0.3) is 5.56 Å². The number of aromatic amines is 2. The number of aromatic nitrogens is 2. The van der Waals surface area contributed by atoms with Gasteiger partial charge in [-0.25, -0.2) is 0 Å². The molecule has 58 valence electrons. The molecule has 0 atom stereocenters. The maximum atomic E-state index is 10.8. The molecule has 0 aliphatic rings. The molecule has 0 radical (unpaired) electrons. The fourth-order valence-corrected chi connectivity index (χ4v) is 0.783. The summed E-state index contributed by atoms with van der Waals surface area (Å²) < 4.78 is -0.0156. The van der Waals surface area contributed by atoms with Crippen LogP contribution in [-0.4, -0.2) is 21.4 Å². The van der Waals surface area contributed by atoms with Crippen LogP contribution in [0, 0.1) is 4.77 Å². The van der Waals surface area contributed by atoms with E-state index in [1.54, 1.807) is 0 Å². The number of H-pyrrole nitrogens is 2. The Bertz CT molecular complexity index is 391. The molecule has 0 saturated carbocycles. The third kappa shape index (κ3) is 1.35. The molecule has 1 heterocycles. The van der Waals surface area contributed by atoms with Gasteiger partial charge in [0.15, 0.2) is 11.1 Å². The normalized spacial score (nSPS) is 9.45. The van der Waals surface area contributed by atoms with Crippen molar-refractivity contribution in [3.8, 4) is 5.88 Å². The lowest BCUT2D eigenvalue weighted by Gasteiger charge is -1.93. The molecule has 6 heteroatoms. The minimum atomic E-state index is -0.693. The third-order valence-electron chi connectivity index (χ3n) is 1.08. The highest BCUT2D eigenvalue weighted by Crippen LogP contribution is 2.02. The monoisotopic (exact) mass is 172 g/mol. The van der Waals surface area contributed by atoms with Crippen LogP contribution in [0.4, 0.5) is 0 Å². The first-order valence-corrected chi connectivity index (χ1v) is 3.06. The number of nitrogens with one attached hydrogen (secondary N) is 2. The van der Waals surface area contributed by atoms with Crippen LogP contribution in [0.2, 0.25) is 0 Å². The largest absolute Gasteiger partial charge is 0.494 e. The highest BCUT2D eigenvalue weighted by Gasteiger charge is 2.03. The Kier molecular flexibility index (Phi) is 1.86. The molecule has 11 heavy (non-hydrogen) atoms. The maximum absolute atomic E-state index is 10.8. The van der Waals surface area contributed by atoms with Crippen molar-refractivity contribution in [2.75, 3.05) is 0 Å². The molecule has 0 aliphatic heterocycles. The average Bonchev–Trinajstić information content (AvgIpc) is 1.85. The van der Waals surface area contributed by atoms with Crippen molar-refractivity contribution in [1.82, 2.24) is 9.97 Å². The second kappa shape index (κ2) is 2.67. The molecule has 3 N–H and O–H groups in total. The molecular weight excluding hydrogens is 168 g/mol. The van der Waals surface area contributed by atoms with E-state index >= 15 is 0 Å². The van der Waals surface area contributed by atoms with Gasteiger partial charge in [0, 0.05) is 0 Å². The SMILES string of the molecule is O=Cc1c(O)[nH]c(=S)[nH]c1=O. The molecular formula is C5H4N2O3S. The number of hydrogen-bond acceptors (Lipinski definition) is 4. The zero-order chi connectivity index (χ0) is 8.43. The van der Waals surface area contributed by atoms with E-state index in [9.17, 15) is 9.59 Å². The lowest BCUT2D eigenvalue weighted by atomic mass is 10.3. The predicted molar refractivity (Wildman–Crippen MR) is 39.3 cm³/mol. The predicted octanol–water partition coefficient (Wildman–Crippen LogP) is -0.0494. The molecule has 1 rings (SSSR count). The smallest absolute Gasteiger partial charge is 0.266 e. The Morgan fingerprint density at radius 1 is 1.45 bits per heavy atom. The Labute approximate surface area is 65.7 Å². The summed E-state index contributed by atoms with van der Waals surface area (Å²) in [6.07, 6.45) is 0.249. The maximum Gasteiger partial charge on any atom is 0.266 e. The van der Waals surface area contributed by atoms with E-state index < -0.39 is 11.4 Å². The zero-order valence-corrected chi connectivity index (χ0v) is 6.07. The number of rotatable bonds is 1. The molecule has 1 aromatic heterocycles. The van der Waals surface area contributed by atoms with Crippen LogP contribution < -0.4 is 5.56 Å². The molecule has 5 nitrogen and oxygen atoms in total. The van der Waals surface area contributed by atoms with Gasteiger partial charge in [0.1, 0.15) is 5.56 Å². The number of hydrogen-bond donors (Lipinski definition) is 3. The molecule has 0 fully saturated rings. The van der Waals surface area contributed by atoms with E-state index in [-0.39, 0.29) is 16.6 Å². The van der Waals surface area contributed by atoms with E-state index in [2.05, 4.69) is 22.2 Å². The van der Waals surface area contributed by atoms with Crippen LogP contribution >= 0.6 is 12.2 Å². The van der Waals surface area contributed by atoms with Crippen LogP contribution in [0.15, 0.2) is 4.79 Å². The summed E-state index contributed by atoms with van der Waals surface area (Å²) in [6, 6.07) is 0. The summed E-state index contributed by atoms with van der Waals surface area (Å²) in [5.74, 6) is -0.506. The van der Waals surface area contributed by atoms with Gasteiger partial charge in [-0.2, -0.15) is 0 Å². The van der Waals surface area contributed by atoms with Gasteiger partial charge in [-0.05, 0) is 12.2 Å². The quantitative estimate of drug-likeness (QED) is 0.409. The molecule has 0 bridgehead atoms. The molecule has 0 aromatic carbocycles. The second-order valence-electron chi connectivity index (χ2n) is 1.79. The first kappa shape index (κ1) is 7.67. The van der Waals surface area contributed by atoms with Gasteiger partial charge in [-0.1, -0.05) is 0 Å². The minimum absolute atomic E-state index is 0.0156. The lowest BCUT2D eigenvalue weighted by Crippen LogP contribution is -2.13. The molecule has 0 saturated heterocycles. The number of carbonyl (C=O) groups is 1. The fraction of sp³-hybridized carbons (Fsp3) is 0. The van der Waals surface area contributed by atoms with Crippen molar-refractivity contribution >= 4 is 18.5 Å². The van der Waals surface area contributed by atoms with Crippen molar-refractivity contribution in [3.05, 3.63) is 20.7 Å². The molecule has 0 spiro atoms. The van der Waals surface area contributed by atoms with Crippen molar-refractivity contribution in [3.63, 3.8) is 0 Å². The summed E-state index contributed by atoms with van der Waals surface area (Å²) in [5, 5.41) is 8.90. The lowest BCUT2D eigenvalue weighted by molar-refractivity contribution is 0.111. The third-order valence-corrected chi connectivity index (χ3v) is 1.28. The van der Waals surface area contributed by atoms with Gasteiger partial charge < -0.3 is 10.1 Å². The summed E-state index contributed by atoms with van der Waals surface area (Å²) in [7, 11) is 0. The van der Waals surface area contributed by atoms with Gasteiger partial charge in [-0.15, -0.1) is 0 Å². The fourth-order valence-electron chi connectivity index (χ4n) is 0.593. The van der Waals surface area contributed by atoms with Crippen LogP contribution in [-0.2, 0) is 0 Å². The Morgan fingerprint density at radius 3 is 2.55 bits per heavy atom. The van der Waals surface area contributed by atoms with Crippen LogP contribution in [0.3, 0.4) is 0 Å². The highest BCUT2D eigenvalue weighted by atomic mass is 32.1. The van der Waals surface area contributed by atoms with Crippen LogP contribution in [0.5, 0.6) is 5.88 Å². The van der Waals surface area contributed by atoms with Gasteiger partial charge in [0.05, 0.1) is 0 Å². The summed E-state index contributed by atoms with van der Waals surface area (Å²) in [6.45, 7) is 0. The van der Waals surface area contributed by atoms with Gasteiger partial charge in [-0.3, -0.25) is 14.6 Å². The van der Waals surface area contributed by atoms with Crippen LogP contribution in [0.25, 0.3) is 0 Å². The van der Waals surface area contributed by atoms with Crippen molar-refractivity contribution in [1.29, 1.82) is 0 Å². The van der Waals surface area contributed by atoms with Crippen molar-refractivity contribution in [2.45, 2.75) is 0 Å². The van der Waals surface area contributed by atoms with E-state index in [0.717, 1.165) is 0 Å². The highest BCUT2D eigenvalue weighted by molar-refractivity contribution is 7.71. The molecule has 0 amide bonds. The average molecular weight is 172 g/mol. The Morgan fingerprint density at radius 2 is 2.09 bits per heavy atom. The summed E-state index contributed by atoms with van der Waals surface area (Å²) >= 11 is 4.51. The Balaban J connectivity index is 3.62. The topological polar surface area (TPSA) is 85.9 Å². The standard InChI is InChI=1S/C5H4N2O3S/c8-1-2-3(9)6-5(11)7-4(2)10/h1H,(H3,6,7,9,10,11). The number of carbonyl (C=O) groups excluding carboxylic acids is 1. The number of aldehydes is 1.